The van der Waals surface area contributed by atoms with Crippen molar-refractivity contribution in [2.75, 3.05) is 19.4 Å². The SMILES string of the molecule is COc1ccccc1CN1CCc2nc(-c3ccc(N)cc3)[nH]c(=O)c2C1. The van der Waals surface area contributed by atoms with Crippen LogP contribution in [0.4, 0.5) is 5.69 Å². The molecular weight excluding hydrogens is 340 g/mol. The monoisotopic (exact) mass is 362 g/mol. The predicted octanol–water partition coefficient (Wildman–Crippen LogP) is 2.59. The summed E-state index contributed by atoms with van der Waals surface area (Å²) in [6.45, 7) is 2.17. The summed E-state index contributed by atoms with van der Waals surface area (Å²) in [7, 11) is 1.68. The van der Waals surface area contributed by atoms with E-state index in [1.165, 1.54) is 0 Å². The molecule has 6 heteroatoms. The highest BCUT2D eigenvalue weighted by Crippen LogP contribution is 2.23. The maximum atomic E-state index is 12.7. The van der Waals surface area contributed by atoms with E-state index in [9.17, 15) is 4.79 Å². The summed E-state index contributed by atoms with van der Waals surface area (Å²) < 4.78 is 5.44. The first-order valence-corrected chi connectivity index (χ1v) is 8.96. The van der Waals surface area contributed by atoms with Gasteiger partial charge in [-0.05, 0) is 30.3 Å². The number of ether oxygens (including phenoxy) is 1. The van der Waals surface area contributed by atoms with Crippen molar-refractivity contribution in [3.8, 4) is 17.1 Å². The van der Waals surface area contributed by atoms with Crippen LogP contribution in [-0.2, 0) is 19.5 Å². The quantitative estimate of drug-likeness (QED) is 0.697. The fourth-order valence-corrected chi connectivity index (χ4v) is 3.47. The molecule has 0 saturated carbocycles. The van der Waals surface area contributed by atoms with Crippen molar-refractivity contribution in [1.82, 2.24) is 14.9 Å². The van der Waals surface area contributed by atoms with E-state index >= 15 is 0 Å². The predicted molar refractivity (Wildman–Crippen MR) is 106 cm³/mol. The smallest absolute Gasteiger partial charge is 0.255 e. The van der Waals surface area contributed by atoms with Crippen molar-refractivity contribution in [2.24, 2.45) is 0 Å². The fraction of sp³-hybridized carbons (Fsp3) is 0.238. The molecule has 4 rings (SSSR count). The summed E-state index contributed by atoms with van der Waals surface area (Å²) in [5.74, 6) is 1.46. The Hall–Kier alpha value is -3.12. The largest absolute Gasteiger partial charge is 0.496 e. The molecule has 3 N–H and O–H groups in total. The van der Waals surface area contributed by atoms with E-state index in [0.717, 1.165) is 47.6 Å². The zero-order valence-electron chi connectivity index (χ0n) is 15.2. The molecule has 0 amide bonds. The highest BCUT2D eigenvalue weighted by Gasteiger charge is 2.22. The molecule has 0 aliphatic carbocycles. The van der Waals surface area contributed by atoms with Crippen molar-refractivity contribution in [2.45, 2.75) is 19.5 Å². The van der Waals surface area contributed by atoms with Crippen molar-refractivity contribution in [3.63, 3.8) is 0 Å². The molecule has 0 saturated heterocycles. The number of aromatic nitrogens is 2. The lowest BCUT2D eigenvalue weighted by atomic mass is 10.0. The standard InChI is InChI=1S/C21H22N4O2/c1-27-19-5-3-2-4-15(19)12-25-11-10-18-17(13-25)21(26)24-20(23-18)14-6-8-16(22)9-7-14/h2-9H,10-13,22H2,1H3,(H,23,24,26). The molecule has 27 heavy (non-hydrogen) atoms. The number of nitrogens with two attached hydrogens (primary N) is 1. The van der Waals surface area contributed by atoms with Gasteiger partial charge in [0.25, 0.3) is 5.56 Å². The second-order valence-electron chi connectivity index (χ2n) is 6.73. The van der Waals surface area contributed by atoms with Crippen LogP contribution in [0.25, 0.3) is 11.4 Å². The number of fused-ring (bicyclic) bond motifs is 1. The van der Waals surface area contributed by atoms with Gasteiger partial charge in [-0.2, -0.15) is 0 Å². The Bertz CT molecular complexity index is 1010. The van der Waals surface area contributed by atoms with Crippen LogP contribution < -0.4 is 16.0 Å². The van der Waals surface area contributed by atoms with E-state index in [4.69, 9.17) is 15.5 Å². The number of aromatic amines is 1. The first-order chi connectivity index (χ1) is 13.1. The Morgan fingerprint density at radius 2 is 1.96 bits per heavy atom. The molecule has 3 aromatic rings. The van der Waals surface area contributed by atoms with E-state index in [0.29, 0.717) is 18.1 Å². The van der Waals surface area contributed by atoms with Crippen LogP contribution in [-0.4, -0.2) is 28.5 Å². The van der Waals surface area contributed by atoms with Gasteiger partial charge in [0.15, 0.2) is 0 Å². The second kappa shape index (κ2) is 7.25. The van der Waals surface area contributed by atoms with Gasteiger partial charge >= 0.3 is 0 Å². The molecule has 0 fully saturated rings. The minimum absolute atomic E-state index is 0.0726. The molecule has 6 nitrogen and oxygen atoms in total. The van der Waals surface area contributed by atoms with Gasteiger partial charge in [0.1, 0.15) is 11.6 Å². The molecule has 2 heterocycles. The number of nitrogens with one attached hydrogen (secondary N) is 1. The van der Waals surface area contributed by atoms with E-state index < -0.39 is 0 Å². The van der Waals surface area contributed by atoms with E-state index in [1.807, 2.05) is 42.5 Å². The average Bonchev–Trinajstić information content (AvgIpc) is 2.69. The van der Waals surface area contributed by atoms with Gasteiger partial charge in [0.2, 0.25) is 0 Å². The van der Waals surface area contributed by atoms with Crippen LogP contribution in [0.1, 0.15) is 16.8 Å². The average molecular weight is 362 g/mol. The lowest BCUT2D eigenvalue weighted by Crippen LogP contribution is -2.35. The van der Waals surface area contributed by atoms with Crippen LogP contribution in [0.3, 0.4) is 0 Å². The lowest BCUT2D eigenvalue weighted by molar-refractivity contribution is 0.238. The number of nitrogen functional groups attached to an aromatic ring is 1. The van der Waals surface area contributed by atoms with Gasteiger partial charge < -0.3 is 15.5 Å². The number of benzene rings is 2. The molecule has 0 unspecified atom stereocenters. The third-order valence-corrected chi connectivity index (χ3v) is 4.92. The van der Waals surface area contributed by atoms with Gasteiger partial charge in [-0.25, -0.2) is 4.98 Å². The molecule has 0 bridgehead atoms. The number of hydrogen-bond donors (Lipinski definition) is 2. The number of methoxy groups -OCH3 is 1. The van der Waals surface area contributed by atoms with E-state index in [1.54, 1.807) is 7.11 Å². The highest BCUT2D eigenvalue weighted by molar-refractivity contribution is 5.58. The van der Waals surface area contributed by atoms with Crippen molar-refractivity contribution in [3.05, 3.63) is 75.7 Å². The zero-order chi connectivity index (χ0) is 18.8. The Morgan fingerprint density at radius 3 is 2.74 bits per heavy atom. The minimum atomic E-state index is -0.0726. The molecule has 1 aromatic heterocycles. The molecule has 0 spiro atoms. The number of hydrogen-bond acceptors (Lipinski definition) is 5. The van der Waals surface area contributed by atoms with Crippen molar-refractivity contribution >= 4 is 5.69 Å². The Morgan fingerprint density at radius 1 is 1.19 bits per heavy atom. The summed E-state index contributed by atoms with van der Waals surface area (Å²) in [6, 6.07) is 15.3. The van der Waals surface area contributed by atoms with Crippen LogP contribution in [0.5, 0.6) is 5.75 Å². The third-order valence-electron chi connectivity index (χ3n) is 4.92. The fourth-order valence-electron chi connectivity index (χ4n) is 3.47. The third kappa shape index (κ3) is 3.57. The first-order valence-electron chi connectivity index (χ1n) is 8.96. The summed E-state index contributed by atoms with van der Waals surface area (Å²) in [5.41, 5.74) is 9.95. The number of para-hydroxylation sites is 1. The van der Waals surface area contributed by atoms with E-state index in [2.05, 4.69) is 16.0 Å². The summed E-state index contributed by atoms with van der Waals surface area (Å²) in [6.07, 6.45) is 0.746. The van der Waals surface area contributed by atoms with Crippen LogP contribution in [0.2, 0.25) is 0 Å². The second-order valence-corrected chi connectivity index (χ2v) is 6.73. The van der Waals surface area contributed by atoms with Gasteiger partial charge in [0.05, 0.1) is 18.4 Å². The minimum Gasteiger partial charge on any atom is -0.496 e. The van der Waals surface area contributed by atoms with Gasteiger partial charge in [-0.15, -0.1) is 0 Å². The number of anilines is 1. The molecule has 1 aliphatic heterocycles. The van der Waals surface area contributed by atoms with Crippen LogP contribution in [0, 0.1) is 0 Å². The molecule has 0 radical (unpaired) electrons. The van der Waals surface area contributed by atoms with Gasteiger partial charge in [-0.3, -0.25) is 9.69 Å². The maximum Gasteiger partial charge on any atom is 0.255 e. The van der Waals surface area contributed by atoms with Gasteiger partial charge in [-0.1, -0.05) is 18.2 Å². The Balaban J connectivity index is 1.58. The number of H-pyrrole nitrogens is 1. The summed E-state index contributed by atoms with van der Waals surface area (Å²) in [5, 5.41) is 0. The Kier molecular flexibility index (Phi) is 4.64. The highest BCUT2D eigenvalue weighted by atomic mass is 16.5. The molecular formula is C21H22N4O2. The molecule has 1 aliphatic rings. The normalized spacial score (nSPS) is 14.0. The lowest BCUT2D eigenvalue weighted by Gasteiger charge is -2.28. The first kappa shape index (κ1) is 17.3. The van der Waals surface area contributed by atoms with Crippen molar-refractivity contribution in [1.29, 1.82) is 0 Å². The maximum absolute atomic E-state index is 12.7. The Labute approximate surface area is 157 Å². The topological polar surface area (TPSA) is 84.2 Å². The van der Waals surface area contributed by atoms with Crippen LogP contribution >= 0.6 is 0 Å². The zero-order valence-corrected chi connectivity index (χ0v) is 15.2. The summed E-state index contributed by atoms with van der Waals surface area (Å²) in [4.78, 5) is 22.5. The molecule has 0 atom stereocenters. The van der Waals surface area contributed by atoms with Gasteiger partial charge in [0, 0.05) is 42.9 Å². The molecule has 2 aromatic carbocycles. The van der Waals surface area contributed by atoms with Crippen molar-refractivity contribution < 1.29 is 4.74 Å². The van der Waals surface area contributed by atoms with E-state index in [-0.39, 0.29) is 5.56 Å². The number of nitrogens with zero attached hydrogens (tertiary/aromatic N) is 2. The molecule has 138 valence electrons. The van der Waals surface area contributed by atoms with Crippen LogP contribution in [0.15, 0.2) is 53.3 Å². The number of rotatable bonds is 4. The summed E-state index contributed by atoms with van der Waals surface area (Å²) >= 11 is 0.